The minimum Gasteiger partial charge on any atom is -0.494 e. The van der Waals surface area contributed by atoms with Gasteiger partial charge in [-0.05, 0) is 12.1 Å². The molecule has 15 heavy (non-hydrogen) atoms. The summed E-state index contributed by atoms with van der Waals surface area (Å²) in [5.41, 5.74) is -0.487. The van der Waals surface area contributed by atoms with Gasteiger partial charge in [0, 0.05) is 0 Å². The van der Waals surface area contributed by atoms with E-state index in [2.05, 4.69) is 9.47 Å². The van der Waals surface area contributed by atoms with Crippen LogP contribution >= 0.6 is 0 Å². The van der Waals surface area contributed by atoms with Crippen LogP contribution in [0.15, 0.2) is 12.1 Å². The average Bonchev–Trinajstić information content (AvgIpc) is 2.27. The number of nitrogens with zero attached hydrogens (tertiary/aromatic N) is 1. The first kappa shape index (κ1) is 11.0. The predicted octanol–water partition coefficient (Wildman–Crippen LogP) is 1.49. The second-order valence-electron chi connectivity index (χ2n) is 2.61. The van der Waals surface area contributed by atoms with Crippen LogP contribution in [0.1, 0.15) is 15.9 Å². The molecule has 1 aromatic rings. The summed E-state index contributed by atoms with van der Waals surface area (Å²) in [6.07, 6.45) is 0. The molecule has 0 aliphatic rings. The summed E-state index contributed by atoms with van der Waals surface area (Å²) in [6.45, 7) is 0. The Morgan fingerprint density at radius 1 is 1.47 bits per heavy atom. The van der Waals surface area contributed by atoms with E-state index in [4.69, 9.17) is 5.26 Å². The number of esters is 1. The number of benzene rings is 1. The molecule has 0 heterocycles. The normalized spacial score (nSPS) is 9.20. The third-order valence-corrected chi connectivity index (χ3v) is 1.84. The molecule has 0 aromatic heterocycles. The van der Waals surface area contributed by atoms with Crippen LogP contribution in [0, 0.1) is 17.1 Å². The fourth-order valence-corrected chi connectivity index (χ4v) is 1.11. The topological polar surface area (TPSA) is 59.3 Å². The summed E-state index contributed by atoms with van der Waals surface area (Å²) in [5.74, 6) is -1.89. The van der Waals surface area contributed by atoms with Crippen molar-refractivity contribution in [2.24, 2.45) is 0 Å². The highest BCUT2D eigenvalue weighted by Gasteiger charge is 2.21. The highest BCUT2D eigenvalue weighted by atomic mass is 19.1. The third-order valence-electron chi connectivity index (χ3n) is 1.84. The fourth-order valence-electron chi connectivity index (χ4n) is 1.11. The van der Waals surface area contributed by atoms with Gasteiger partial charge in [-0.1, -0.05) is 0 Å². The van der Waals surface area contributed by atoms with Gasteiger partial charge in [0.2, 0.25) is 0 Å². The summed E-state index contributed by atoms with van der Waals surface area (Å²) in [6, 6.07) is 4.28. The van der Waals surface area contributed by atoms with Gasteiger partial charge in [0.05, 0.1) is 19.8 Å². The molecule has 0 spiro atoms. The molecule has 0 saturated carbocycles. The van der Waals surface area contributed by atoms with Crippen LogP contribution in [0.3, 0.4) is 0 Å². The Morgan fingerprint density at radius 2 is 2.13 bits per heavy atom. The van der Waals surface area contributed by atoms with Gasteiger partial charge < -0.3 is 9.47 Å². The molecule has 0 N–H and O–H groups in total. The van der Waals surface area contributed by atoms with Crippen molar-refractivity contribution in [1.82, 2.24) is 0 Å². The molecule has 0 aliphatic carbocycles. The van der Waals surface area contributed by atoms with Crippen molar-refractivity contribution in [3.8, 4) is 11.8 Å². The largest absolute Gasteiger partial charge is 0.494 e. The summed E-state index contributed by atoms with van der Waals surface area (Å²) in [7, 11) is 2.38. The van der Waals surface area contributed by atoms with Crippen LogP contribution in [0.2, 0.25) is 0 Å². The van der Waals surface area contributed by atoms with Crippen LogP contribution in [0.5, 0.6) is 5.75 Å². The number of rotatable bonds is 2. The fraction of sp³-hybridized carbons (Fsp3) is 0.200. The number of nitriles is 1. The van der Waals surface area contributed by atoms with Crippen molar-refractivity contribution in [2.75, 3.05) is 14.2 Å². The highest BCUT2D eigenvalue weighted by molar-refractivity contribution is 5.93. The minimum absolute atomic E-state index is 0.0832. The molecule has 0 saturated heterocycles. The van der Waals surface area contributed by atoms with Gasteiger partial charge in [0.1, 0.15) is 11.6 Å². The van der Waals surface area contributed by atoms with Gasteiger partial charge in [0.15, 0.2) is 11.6 Å². The maximum absolute atomic E-state index is 13.6. The van der Waals surface area contributed by atoms with E-state index >= 15 is 0 Å². The lowest BCUT2D eigenvalue weighted by atomic mass is 10.1. The van der Waals surface area contributed by atoms with Crippen molar-refractivity contribution in [2.45, 2.75) is 0 Å². The minimum atomic E-state index is -0.900. The van der Waals surface area contributed by atoms with Crippen LogP contribution < -0.4 is 4.74 Å². The monoisotopic (exact) mass is 209 g/mol. The van der Waals surface area contributed by atoms with Gasteiger partial charge in [-0.3, -0.25) is 0 Å². The first-order chi connectivity index (χ1) is 7.15. The van der Waals surface area contributed by atoms with Gasteiger partial charge in [-0.15, -0.1) is 0 Å². The third kappa shape index (κ3) is 1.89. The van der Waals surface area contributed by atoms with E-state index in [-0.39, 0.29) is 11.3 Å². The number of hydrogen-bond acceptors (Lipinski definition) is 4. The highest BCUT2D eigenvalue weighted by Crippen LogP contribution is 2.23. The van der Waals surface area contributed by atoms with Crippen molar-refractivity contribution in [3.05, 3.63) is 29.1 Å². The molecule has 0 bridgehead atoms. The Kier molecular flexibility index (Phi) is 3.24. The van der Waals surface area contributed by atoms with Crippen LogP contribution in [-0.2, 0) is 4.74 Å². The zero-order chi connectivity index (χ0) is 11.4. The summed E-state index contributed by atoms with van der Waals surface area (Å²) >= 11 is 0. The molecule has 0 aliphatic heterocycles. The SMILES string of the molecule is COC(=O)c1c(C#N)ccc(OC)c1F. The maximum Gasteiger partial charge on any atom is 0.342 e. The number of hydrogen-bond donors (Lipinski definition) is 0. The zero-order valence-electron chi connectivity index (χ0n) is 8.20. The Hall–Kier alpha value is -2.09. The number of carbonyl (C=O) groups excluding carboxylic acids is 1. The quantitative estimate of drug-likeness (QED) is 0.692. The second-order valence-corrected chi connectivity index (χ2v) is 2.61. The molecule has 4 nitrogen and oxygen atoms in total. The molecule has 78 valence electrons. The molecule has 1 rings (SSSR count). The molecule has 0 fully saturated rings. The molecule has 0 radical (unpaired) electrons. The van der Waals surface area contributed by atoms with Crippen molar-refractivity contribution in [3.63, 3.8) is 0 Å². The standard InChI is InChI=1S/C10H8FNO3/c1-14-7-4-3-6(5-12)8(9(7)11)10(13)15-2/h3-4H,1-2H3. The van der Waals surface area contributed by atoms with Gasteiger partial charge >= 0.3 is 5.97 Å². The van der Waals surface area contributed by atoms with E-state index in [0.29, 0.717) is 0 Å². The van der Waals surface area contributed by atoms with Crippen molar-refractivity contribution < 1.29 is 18.7 Å². The molecular formula is C10H8FNO3. The maximum atomic E-state index is 13.6. The molecule has 0 unspecified atom stereocenters. The van der Waals surface area contributed by atoms with Crippen LogP contribution in [0.4, 0.5) is 4.39 Å². The first-order valence-corrected chi connectivity index (χ1v) is 4.00. The Bertz CT molecular complexity index is 437. The zero-order valence-corrected chi connectivity index (χ0v) is 8.20. The summed E-state index contributed by atoms with van der Waals surface area (Å²) in [5, 5.41) is 8.69. The smallest absolute Gasteiger partial charge is 0.342 e. The predicted molar refractivity (Wildman–Crippen MR) is 49.0 cm³/mol. The molecule has 0 amide bonds. The van der Waals surface area contributed by atoms with E-state index in [1.54, 1.807) is 6.07 Å². The van der Waals surface area contributed by atoms with E-state index in [9.17, 15) is 9.18 Å². The molecule has 5 heteroatoms. The van der Waals surface area contributed by atoms with Crippen molar-refractivity contribution >= 4 is 5.97 Å². The molecule has 1 aromatic carbocycles. The van der Waals surface area contributed by atoms with Crippen LogP contribution in [-0.4, -0.2) is 20.2 Å². The second kappa shape index (κ2) is 4.42. The lowest BCUT2D eigenvalue weighted by Gasteiger charge is -2.07. The van der Waals surface area contributed by atoms with Crippen LogP contribution in [0.25, 0.3) is 0 Å². The molecule has 0 atom stereocenters. The van der Waals surface area contributed by atoms with E-state index in [1.165, 1.54) is 19.2 Å². The molecular weight excluding hydrogens is 201 g/mol. The lowest BCUT2D eigenvalue weighted by Crippen LogP contribution is -2.08. The summed E-state index contributed by atoms with van der Waals surface area (Å²) < 4.78 is 22.6. The van der Waals surface area contributed by atoms with Gasteiger partial charge in [-0.25, -0.2) is 9.18 Å². The van der Waals surface area contributed by atoms with Gasteiger partial charge in [-0.2, -0.15) is 5.26 Å². The average molecular weight is 209 g/mol. The van der Waals surface area contributed by atoms with E-state index in [0.717, 1.165) is 7.11 Å². The number of halogens is 1. The lowest BCUT2D eigenvalue weighted by molar-refractivity contribution is 0.0594. The van der Waals surface area contributed by atoms with E-state index < -0.39 is 17.3 Å². The number of carbonyl (C=O) groups is 1. The number of ether oxygens (including phenoxy) is 2. The van der Waals surface area contributed by atoms with E-state index in [1.807, 2.05) is 0 Å². The van der Waals surface area contributed by atoms with Crippen molar-refractivity contribution in [1.29, 1.82) is 5.26 Å². The Morgan fingerprint density at radius 3 is 2.60 bits per heavy atom. The van der Waals surface area contributed by atoms with Gasteiger partial charge in [0.25, 0.3) is 0 Å². The first-order valence-electron chi connectivity index (χ1n) is 4.00. The number of methoxy groups -OCH3 is 2. The Balaban J connectivity index is 3.44. The Labute approximate surface area is 85.8 Å². The summed E-state index contributed by atoms with van der Waals surface area (Å²) in [4.78, 5) is 11.2.